The molecule has 0 aliphatic carbocycles. The number of terminal acetylenes is 1. The van der Waals surface area contributed by atoms with E-state index in [2.05, 4.69) is 20.0 Å². The average Bonchev–Trinajstić information content (AvgIpc) is 3.45. The molecule has 1 fully saturated rings. The number of rotatable bonds is 10. The monoisotopic (exact) mass is 593 g/mol. The van der Waals surface area contributed by atoms with E-state index in [1.165, 1.54) is 24.9 Å². The molecule has 1 saturated heterocycles. The number of nitrogen functional groups attached to an aromatic ring is 1. The molecule has 4 N–H and O–H groups in total. The number of imidazole rings is 1. The molecular formula is C24H29FN7O6PS. The summed E-state index contributed by atoms with van der Waals surface area (Å²) < 4.78 is 39.9. The molecule has 0 spiro atoms. The van der Waals surface area contributed by atoms with Crippen molar-refractivity contribution in [2.45, 2.75) is 37.1 Å². The van der Waals surface area contributed by atoms with Crippen molar-refractivity contribution in [3.05, 3.63) is 36.7 Å². The SMILES string of the molecule is C#C[C@@]1(F)[C@H](O)[C@@H](COP(=S)(N[C@H](C)C(=O)OC)Oc2ccccc2)O[C@H]1n1cnc2c(N(C)C)nc(N)nc21. The predicted molar refractivity (Wildman–Crippen MR) is 149 cm³/mol. The number of benzene rings is 1. The second-order valence-corrected chi connectivity index (χ2v) is 12.2. The van der Waals surface area contributed by atoms with Crippen LogP contribution < -0.4 is 20.2 Å². The number of esters is 1. The summed E-state index contributed by atoms with van der Waals surface area (Å²) in [7, 11) is 4.70. The van der Waals surface area contributed by atoms with Crippen LogP contribution in [0.1, 0.15) is 13.2 Å². The van der Waals surface area contributed by atoms with Crippen molar-refractivity contribution in [3.63, 3.8) is 0 Å². The van der Waals surface area contributed by atoms with Gasteiger partial charge in [0, 0.05) is 14.1 Å². The number of methoxy groups -OCH3 is 1. The van der Waals surface area contributed by atoms with E-state index in [4.69, 9.17) is 42.5 Å². The Labute approximate surface area is 235 Å². The number of nitrogens with zero attached hydrogens (tertiary/aromatic N) is 5. The van der Waals surface area contributed by atoms with Crippen LogP contribution in [0.4, 0.5) is 16.2 Å². The van der Waals surface area contributed by atoms with Crippen LogP contribution in [0, 0.1) is 12.3 Å². The van der Waals surface area contributed by atoms with Gasteiger partial charge < -0.3 is 34.3 Å². The number of ether oxygens (including phenoxy) is 2. The molecule has 1 aromatic carbocycles. The minimum Gasteiger partial charge on any atom is -0.468 e. The molecule has 6 atom stereocenters. The third-order valence-electron chi connectivity index (χ3n) is 6.05. The van der Waals surface area contributed by atoms with Crippen LogP contribution in [0.15, 0.2) is 36.7 Å². The number of hydrogen-bond acceptors (Lipinski definition) is 12. The summed E-state index contributed by atoms with van der Waals surface area (Å²) in [5.74, 6) is 2.09. The largest absolute Gasteiger partial charge is 0.468 e. The lowest BCUT2D eigenvalue weighted by atomic mass is 9.97. The van der Waals surface area contributed by atoms with Gasteiger partial charge in [0.1, 0.15) is 24.0 Å². The van der Waals surface area contributed by atoms with E-state index in [1.54, 1.807) is 49.3 Å². The van der Waals surface area contributed by atoms with Crippen molar-refractivity contribution < 1.29 is 32.8 Å². The molecule has 0 bridgehead atoms. The standard InChI is InChI=1S/C24H29FN7O6PS/c1-6-24(25)18(33)16(37-22(24)32-13-27-17-19(31(3)4)28-23(26)29-20(17)32)12-36-39(40,30-14(2)21(34)35-5)38-15-10-8-7-9-11-15/h1,7-11,13-14,16,18,22,33H,12H2,2-5H3,(H,30,40)(H2,26,28,29)/t14-,16-,18-,22-,24-,39?/m1/s1. The molecule has 13 nitrogen and oxygen atoms in total. The van der Waals surface area contributed by atoms with E-state index < -0.39 is 49.4 Å². The number of aliphatic hydroxyl groups is 1. The van der Waals surface area contributed by atoms with Gasteiger partial charge in [-0.2, -0.15) is 9.97 Å². The van der Waals surface area contributed by atoms with E-state index in [9.17, 15) is 9.90 Å². The fourth-order valence-corrected chi connectivity index (χ4v) is 6.48. The number of nitrogens with two attached hydrogens (primary N) is 1. The lowest BCUT2D eigenvalue weighted by molar-refractivity contribution is -0.142. The molecule has 1 unspecified atom stereocenters. The fourth-order valence-electron chi connectivity index (χ4n) is 4.06. The number of nitrogens with one attached hydrogen (secondary N) is 1. The number of fused-ring (bicyclic) bond motifs is 1. The zero-order chi connectivity index (χ0) is 29.2. The first-order chi connectivity index (χ1) is 18.9. The van der Waals surface area contributed by atoms with Gasteiger partial charge in [0.15, 0.2) is 23.2 Å². The number of aromatic nitrogens is 4. The van der Waals surface area contributed by atoms with Gasteiger partial charge in [0.05, 0.1) is 20.0 Å². The highest BCUT2D eigenvalue weighted by molar-refractivity contribution is 8.09. The van der Waals surface area contributed by atoms with Crippen molar-refractivity contribution in [1.82, 2.24) is 24.6 Å². The maximum absolute atomic E-state index is 16.2. The van der Waals surface area contributed by atoms with Crippen molar-refractivity contribution >= 4 is 47.3 Å². The molecule has 0 radical (unpaired) electrons. The minimum atomic E-state index is -3.48. The lowest BCUT2D eigenvalue weighted by Gasteiger charge is -2.27. The number of carbonyl (C=O) groups is 1. The Morgan fingerprint density at radius 1 is 1.43 bits per heavy atom. The molecule has 4 rings (SSSR count). The Balaban J connectivity index is 1.62. The topological polar surface area (TPSA) is 159 Å². The Bertz CT molecular complexity index is 1470. The summed E-state index contributed by atoms with van der Waals surface area (Å²) >= 11 is 5.64. The first-order valence-electron chi connectivity index (χ1n) is 11.9. The smallest absolute Gasteiger partial charge is 0.323 e. The van der Waals surface area contributed by atoms with Crippen LogP contribution in [0.2, 0.25) is 0 Å². The average molecular weight is 594 g/mol. The van der Waals surface area contributed by atoms with Crippen LogP contribution in [0.3, 0.4) is 0 Å². The van der Waals surface area contributed by atoms with E-state index in [1.807, 2.05) is 5.92 Å². The molecule has 0 amide bonds. The summed E-state index contributed by atoms with van der Waals surface area (Å²) in [5.41, 5.74) is 3.64. The van der Waals surface area contributed by atoms with Crippen LogP contribution >= 0.6 is 6.64 Å². The molecule has 3 heterocycles. The number of carbonyl (C=O) groups excluding carboxylic acids is 1. The zero-order valence-electron chi connectivity index (χ0n) is 22.1. The number of aliphatic hydroxyl groups excluding tert-OH is 1. The zero-order valence-corrected chi connectivity index (χ0v) is 23.8. The summed E-state index contributed by atoms with van der Waals surface area (Å²) in [6.07, 6.45) is 2.15. The molecular weight excluding hydrogens is 564 g/mol. The number of halogens is 1. The highest BCUT2D eigenvalue weighted by Gasteiger charge is 2.58. The Morgan fingerprint density at radius 3 is 2.75 bits per heavy atom. The summed E-state index contributed by atoms with van der Waals surface area (Å²) in [6.45, 7) is -2.40. The quantitative estimate of drug-likeness (QED) is 0.177. The Morgan fingerprint density at radius 2 is 2.12 bits per heavy atom. The highest BCUT2D eigenvalue weighted by Crippen LogP contribution is 2.48. The van der Waals surface area contributed by atoms with Gasteiger partial charge in [-0.1, -0.05) is 24.1 Å². The molecule has 0 saturated carbocycles. The lowest BCUT2D eigenvalue weighted by Crippen LogP contribution is -2.42. The van der Waals surface area contributed by atoms with Crippen molar-refractivity contribution in [2.75, 3.05) is 38.4 Å². The number of hydrogen-bond donors (Lipinski definition) is 3. The van der Waals surface area contributed by atoms with Gasteiger partial charge in [-0.15, -0.1) is 6.42 Å². The van der Waals surface area contributed by atoms with Gasteiger partial charge in [0.25, 0.3) is 0 Å². The maximum Gasteiger partial charge on any atom is 0.323 e. The number of anilines is 2. The predicted octanol–water partition coefficient (Wildman–Crippen LogP) is 1.55. The van der Waals surface area contributed by atoms with Gasteiger partial charge in [-0.25, -0.2) is 14.5 Å². The van der Waals surface area contributed by atoms with Crippen LogP contribution in [0.5, 0.6) is 5.75 Å². The minimum absolute atomic E-state index is 0.0777. The first-order valence-corrected chi connectivity index (χ1v) is 14.6. The third kappa shape index (κ3) is 5.73. The molecule has 1 aliphatic heterocycles. The van der Waals surface area contributed by atoms with Crippen LogP contribution in [-0.2, 0) is 30.6 Å². The maximum atomic E-state index is 16.2. The Hall–Kier alpha value is -3.38. The van der Waals surface area contributed by atoms with Crippen molar-refractivity contribution in [1.29, 1.82) is 0 Å². The third-order valence-corrected chi connectivity index (χ3v) is 8.55. The second-order valence-electron chi connectivity index (χ2n) is 9.08. The number of alkyl halides is 1. The summed E-state index contributed by atoms with van der Waals surface area (Å²) in [6, 6.07) is 7.63. The summed E-state index contributed by atoms with van der Waals surface area (Å²) in [5, 5.41) is 13.8. The van der Waals surface area contributed by atoms with E-state index in [0.717, 1.165) is 0 Å². The van der Waals surface area contributed by atoms with E-state index >= 15 is 4.39 Å². The molecule has 3 aromatic rings. The normalized spacial score (nSPS) is 24.7. The van der Waals surface area contributed by atoms with Crippen molar-refractivity contribution in [3.8, 4) is 18.1 Å². The fraction of sp³-hybridized carbons (Fsp3) is 0.417. The molecule has 16 heteroatoms. The second kappa shape index (κ2) is 11.6. The number of para-hydroxylation sites is 1. The van der Waals surface area contributed by atoms with Crippen LogP contribution in [0.25, 0.3) is 11.2 Å². The first kappa shape index (κ1) is 29.6. The van der Waals surface area contributed by atoms with Gasteiger partial charge >= 0.3 is 12.6 Å². The van der Waals surface area contributed by atoms with E-state index in [0.29, 0.717) is 17.1 Å². The highest BCUT2D eigenvalue weighted by atomic mass is 32.5. The van der Waals surface area contributed by atoms with Crippen LogP contribution in [-0.4, -0.2) is 82.3 Å². The molecule has 214 valence electrons. The molecule has 1 aliphatic rings. The molecule has 40 heavy (non-hydrogen) atoms. The summed E-state index contributed by atoms with van der Waals surface area (Å²) in [4.78, 5) is 26.4. The van der Waals surface area contributed by atoms with Gasteiger partial charge in [-0.05, 0) is 30.9 Å². The Kier molecular flexibility index (Phi) is 8.60. The van der Waals surface area contributed by atoms with Gasteiger partial charge in [-0.3, -0.25) is 9.36 Å². The van der Waals surface area contributed by atoms with Crippen molar-refractivity contribution in [2.24, 2.45) is 0 Å². The van der Waals surface area contributed by atoms with Gasteiger partial charge in [0.2, 0.25) is 11.6 Å². The van der Waals surface area contributed by atoms with E-state index in [-0.39, 0.29) is 11.6 Å². The molecule has 2 aromatic heterocycles.